The third kappa shape index (κ3) is 4.47. The van der Waals surface area contributed by atoms with Crippen LogP contribution >= 0.6 is 0 Å². The van der Waals surface area contributed by atoms with E-state index in [4.69, 9.17) is 9.47 Å². The molecule has 120 valence electrons. The number of hydrogen-bond donors (Lipinski definition) is 1. The molecule has 0 heterocycles. The Labute approximate surface area is 132 Å². The highest BCUT2D eigenvalue weighted by Crippen LogP contribution is 2.25. The summed E-state index contributed by atoms with van der Waals surface area (Å²) < 4.78 is 10.8. The molecule has 1 N–H and O–H groups in total. The first-order valence-corrected chi connectivity index (χ1v) is 7.54. The van der Waals surface area contributed by atoms with Crippen molar-refractivity contribution in [3.8, 4) is 11.8 Å². The Kier molecular flexibility index (Phi) is 6.87. The predicted molar refractivity (Wildman–Crippen MR) is 85.9 cm³/mol. The standard InChI is InChI=1S/C17H24N2O3/c1-5-7-10-17(3,21-4)16(20)19-15-9-8-14(22-6-2)11-13(15)12-18/h8-9,11H,5-7,10H2,1-4H3,(H,19,20)/t17-/m0/s1. The van der Waals surface area contributed by atoms with Crippen molar-refractivity contribution in [1.82, 2.24) is 0 Å². The number of methoxy groups -OCH3 is 1. The fourth-order valence-electron chi connectivity index (χ4n) is 2.06. The number of hydrogen-bond acceptors (Lipinski definition) is 4. The van der Waals surface area contributed by atoms with Crippen LogP contribution < -0.4 is 10.1 Å². The highest BCUT2D eigenvalue weighted by molar-refractivity contribution is 5.98. The lowest BCUT2D eigenvalue weighted by Gasteiger charge is -2.27. The quantitative estimate of drug-likeness (QED) is 0.798. The van der Waals surface area contributed by atoms with Crippen LogP contribution in [0.3, 0.4) is 0 Å². The molecule has 0 radical (unpaired) electrons. The first-order chi connectivity index (χ1) is 10.5. The van der Waals surface area contributed by atoms with Gasteiger partial charge in [0.25, 0.3) is 5.91 Å². The number of nitrogens with zero attached hydrogens (tertiary/aromatic N) is 1. The molecule has 0 fully saturated rings. The summed E-state index contributed by atoms with van der Waals surface area (Å²) in [6.45, 7) is 6.22. The topological polar surface area (TPSA) is 71.3 Å². The average molecular weight is 304 g/mol. The fourth-order valence-corrected chi connectivity index (χ4v) is 2.06. The second kappa shape index (κ2) is 8.40. The Bertz CT molecular complexity index is 551. The SMILES string of the molecule is CCCC[C@](C)(OC)C(=O)Nc1ccc(OCC)cc1C#N. The van der Waals surface area contributed by atoms with E-state index in [0.29, 0.717) is 30.0 Å². The van der Waals surface area contributed by atoms with Gasteiger partial charge in [-0.2, -0.15) is 5.26 Å². The van der Waals surface area contributed by atoms with Gasteiger partial charge in [0.05, 0.1) is 17.9 Å². The molecule has 0 saturated carbocycles. The largest absolute Gasteiger partial charge is 0.494 e. The maximum Gasteiger partial charge on any atom is 0.256 e. The summed E-state index contributed by atoms with van der Waals surface area (Å²) in [6, 6.07) is 7.11. The lowest BCUT2D eigenvalue weighted by Crippen LogP contribution is -2.42. The van der Waals surface area contributed by atoms with E-state index in [0.717, 1.165) is 12.8 Å². The molecule has 0 aliphatic rings. The highest BCUT2D eigenvalue weighted by Gasteiger charge is 2.32. The van der Waals surface area contributed by atoms with Crippen molar-refractivity contribution in [1.29, 1.82) is 5.26 Å². The van der Waals surface area contributed by atoms with Gasteiger partial charge < -0.3 is 14.8 Å². The number of benzene rings is 1. The zero-order chi connectivity index (χ0) is 16.6. The number of nitrogens with one attached hydrogen (secondary N) is 1. The van der Waals surface area contributed by atoms with Gasteiger partial charge in [0, 0.05) is 7.11 Å². The van der Waals surface area contributed by atoms with E-state index in [1.807, 2.05) is 6.92 Å². The van der Waals surface area contributed by atoms with Crippen molar-refractivity contribution < 1.29 is 14.3 Å². The molecule has 1 aromatic rings. The minimum Gasteiger partial charge on any atom is -0.494 e. The third-order valence-electron chi connectivity index (χ3n) is 3.61. The average Bonchev–Trinajstić information content (AvgIpc) is 2.54. The second-order valence-corrected chi connectivity index (χ2v) is 5.24. The number of anilines is 1. The molecule has 22 heavy (non-hydrogen) atoms. The van der Waals surface area contributed by atoms with E-state index in [1.165, 1.54) is 7.11 Å². The van der Waals surface area contributed by atoms with Crippen LogP contribution in [0.15, 0.2) is 18.2 Å². The maximum absolute atomic E-state index is 12.5. The molecule has 0 aromatic heterocycles. The first kappa shape index (κ1) is 18.0. The number of rotatable bonds is 8. The van der Waals surface area contributed by atoms with Crippen LogP contribution in [0.5, 0.6) is 5.75 Å². The molecule has 0 unspecified atom stereocenters. The first-order valence-electron chi connectivity index (χ1n) is 7.54. The molecule has 1 rings (SSSR count). The van der Waals surface area contributed by atoms with Crippen molar-refractivity contribution in [2.75, 3.05) is 19.0 Å². The number of amides is 1. The summed E-state index contributed by atoms with van der Waals surface area (Å²) in [4.78, 5) is 12.5. The highest BCUT2D eigenvalue weighted by atomic mass is 16.5. The summed E-state index contributed by atoms with van der Waals surface area (Å²) in [5, 5.41) is 12.0. The molecule has 0 aliphatic heterocycles. The predicted octanol–water partition coefficient (Wildman–Crippen LogP) is 3.49. The van der Waals surface area contributed by atoms with Gasteiger partial charge in [-0.1, -0.05) is 19.8 Å². The van der Waals surface area contributed by atoms with Crippen molar-refractivity contribution in [2.45, 2.75) is 45.6 Å². The number of carbonyl (C=O) groups excluding carboxylic acids is 1. The second-order valence-electron chi connectivity index (χ2n) is 5.24. The Balaban J connectivity index is 2.93. The summed E-state index contributed by atoms with van der Waals surface area (Å²) in [6.07, 6.45) is 2.51. The van der Waals surface area contributed by atoms with E-state index in [1.54, 1.807) is 25.1 Å². The monoisotopic (exact) mass is 304 g/mol. The van der Waals surface area contributed by atoms with Gasteiger partial charge in [-0.05, 0) is 38.5 Å². The van der Waals surface area contributed by atoms with Crippen LogP contribution in [0.25, 0.3) is 0 Å². The number of nitriles is 1. The molecule has 5 heteroatoms. The van der Waals surface area contributed by atoms with Crippen LogP contribution in [0.1, 0.15) is 45.6 Å². The Morgan fingerprint density at radius 1 is 1.41 bits per heavy atom. The zero-order valence-corrected chi connectivity index (χ0v) is 13.7. The molecular formula is C17H24N2O3. The van der Waals surface area contributed by atoms with E-state index in [2.05, 4.69) is 18.3 Å². The smallest absolute Gasteiger partial charge is 0.256 e. The van der Waals surface area contributed by atoms with Gasteiger partial charge >= 0.3 is 0 Å². The van der Waals surface area contributed by atoms with Gasteiger partial charge in [-0.15, -0.1) is 0 Å². The van der Waals surface area contributed by atoms with Crippen LogP contribution in [-0.4, -0.2) is 25.2 Å². The van der Waals surface area contributed by atoms with E-state index >= 15 is 0 Å². The van der Waals surface area contributed by atoms with Crippen LogP contribution in [0.4, 0.5) is 5.69 Å². The lowest BCUT2D eigenvalue weighted by molar-refractivity contribution is -0.136. The number of unbranched alkanes of at least 4 members (excludes halogenated alkanes) is 1. The number of ether oxygens (including phenoxy) is 2. The van der Waals surface area contributed by atoms with Crippen molar-refractivity contribution in [3.63, 3.8) is 0 Å². The molecule has 0 bridgehead atoms. The Morgan fingerprint density at radius 2 is 2.14 bits per heavy atom. The molecule has 1 amide bonds. The maximum atomic E-state index is 12.5. The minimum atomic E-state index is -0.901. The van der Waals surface area contributed by atoms with Crippen molar-refractivity contribution in [2.24, 2.45) is 0 Å². The molecule has 5 nitrogen and oxygen atoms in total. The molecule has 1 atom stereocenters. The summed E-state index contributed by atoms with van der Waals surface area (Å²) in [7, 11) is 1.53. The molecule has 0 aliphatic carbocycles. The molecule has 0 spiro atoms. The third-order valence-corrected chi connectivity index (χ3v) is 3.61. The fraction of sp³-hybridized carbons (Fsp3) is 0.529. The lowest BCUT2D eigenvalue weighted by atomic mass is 9.97. The normalized spacial score (nSPS) is 13.0. The van der Waals surface area contributed by atoms with Gasteiger partial charge in [0.2, 0.25) is 0 Å². The van der Waals surface area contributed by atoms with Crippen LogP contribution in [-0.2, 0) is 9.53 Å². The van der Waals surface area contributed by atoms with Crippen molar-refractivity contribution >= 4 is 11.6 Å². The van der Waals surface area contributed by atoms with Gasteiger partial charge in [0.1, 0.15) is 17.4 Å². The summed E-state index contributed by atoms with van der Waals surface area (Å²) in [5.74, 6) is 0.363. The molecular weight excluding hydrogens is 280 g/mol. The van der Waals surface area contributed by atoms with Crippen LogP contribution in [0, 0.1) is 11.3 Å². The van der Waals surface area contributed by atoms with Crippen LogP contribution in [0.2, 0.25) is 0 Å². The van der Waals surface area contributed by atoms with E-state index in [-0.39, 0.29) is 5.91 Å². The van der Waals surface area contributed by atoms with Gasteiger partial charge in [-0.3, -0.25) is 4.79 Å². The Hall–Kier alpha value is -2.06. The zero-order valence-electron chi connectivity index (χ0n) is 13.7. The van der Waals surface area contributed by atoms with Gasteiger partial charge in [0.15, 0.2) is 0 Å². The molecule has 1 aromatic carbocycles. The number of carbonyl (C=O) groups is 1. The molecule has 0 saturated heterocycles. The van der Waals surface area contributed by atoms with E-state index < -0.39 is 5.60 Å². The minimum absolute atomic E-state index is 0.246. The summed E-state index contributed by atoms with van der Waals surface area (Å²) >= 11 is 0. The Morgan fingerprint density at radius 3 is 2.68 bits per heavy atom. The van der Waals surface area contributed by atoms with Gasteiger partial charge in [-0.25, -0.2) is 0 Å². The summed E-state index contributed by atoms with van der Waals surface area (Å²) in [5.41, 5.74) is -0.0645. The van der Waals surface area contributed by atoms with E-state index in [9.17, 15) is 10.1 Å². The van der Waals surface area contributed by atoms with Crippen molar-refractivity contribution in [3.05, 3.63) is 23.8 Å².